The Bertz CT molecular complexity index is 1620. The summed E-state index contributed by atoms with van der Waals surface area (Å²) >= 11 is 0. The van der Waals surface area contributed by atoms with E-state index in [1.165, 1.54) is 103 Å². The highest BCUT2D eigenvalue weighted by Gasteiger charge is 2.19. The van der Waals surface area contributed by atoms with E-state index < -0.39 is 6.10 Å². The molecule has 75 heavy (non-hydrogen) atoms. The minimum Gasteiger partial charge on any atom is -0.462 e. The van der Waals surface area contributed by atoms with E-state index in [9.17, 15) is 14.4 Å². The largest absolute Gasteiger partial charge is 0.462 e. The smallest absolute Gasteiger partial charge is 0.306 e. The summed E-state index contributed by atoms with van der Waals surface area (Å²) in [5.74, 6) is -1.04. The van der Waals surface area contributed by atoms with Crippen LogP contribution in [-0.2, 0) is 28.6 Å². The highest BCUT2D eigenvalue weighted by Crippen LogP contribution is 2.16. The van der Waals surface area contributed by atoms with Gasteiger partial charge < -0.3 is 14.2 Å². The summed E-state index contributed by atoms with van der Waals surface area (Å²) in [5, 5.41) is 0. The molecule has 424 valence electrons. The van der Waals surface area contributed by atoms with Gasteiger partial charge in [0.1, 0.15) is 13.2 Å². The van der Waals surface area contributed by atoms with E-state index in [1.54, 1.807) is 0 Å². The highest BCUT2D eigenvalue weighted by atomic mass is 16.6. The molecule has 0 aromatic carbocycles. The van der Waals surface area contributed by atoms with Crippen LogP contribution in [0.1, 0.15) is 265 Å². The summed E-state index contributed by atoms with van der Waals surface area (Å²) in [6, 6.07) is 0. The minimum atomic E-state index is -0.831. The molecule has 6 heteroatoms. The molecule has 0 N–H and O–H groups in total. The predicted molar refractivity (Wildman–Crippen MR) is 325 cm³/mol. The fraction of sp³-hybridized carbons (Fsp3) is 0.638. The number of esters is 3. The Kier molecular flexibility index (Phi) is 58.4. The monoisotopic (exact) mass is 1040 g/mol. The van der Waals surface area contributed by atoms with Crippen LogP contribution in [0.5, 0.6) is 0 Å². The third-order valence-corrected chi connectivity index (χ3v) is 12.7. The maximum atomic E-state index is 12.9. The molecule has 0 bridgehead atoms. The van der Waals surface area contributed by atoms with Crippen molar-refractivity contribution >= 4 is 17.9 Å². The molecular weight excluding hydrogens is 925 g/mol. The maximum absolute atomic E-state index is 12.9. The highest BCUT2D eigenvalue weighted by molar-refractivity contribution is 5.71. The van der Waals surface area contributed by atoms with Crippen LogP contribution in [0.15, 0.2) is 134 Å². The lowest BCUT2D eigenvalue weighted by Gasteiger charge is -2.18. The summed E-state index contributed by atoms with van der Waals surface area (Å²) in [4.78, 5) is 38.3. The molecule has 0 aromatic heterocycles. The van der Waals surface area contributed by atoms with Crippen molar-refractivity contribution in [3.8, 4) is 0 Å². The zero-order valence-electron chi connectivity index (χ0n) is 48.5. The van der Waals surface area contributed by atoms with Gasteiger partial charge in [-0.25, -0.2) is 0 Å². The quantitative estimate of drug-likeness (QED) is 0.0261. The summed E-state index contributed by atoms with van der Waals surface area (Å²) in [6.07, 6.45) is 87.5. The van der Waals surface area contributed by atoms with Crippen LogP contribution in [0, 0.1) is 0 Å². The van der Waals surface area contributed by atoms with Crippen molar-refractivity contribution in [1.82, 2.24) is 0 Å². The molecule has 6 nitrogen and oxygen atoms in total. The second-order valence-electron chi connectivity index (χ2n) is 19.9. The van der Waals surface area contributed by atoms with Gasteiger partial charge in [-0.15, -0.1) is 0 Å². The predicted octanol–water partition coefficient (Wildman–Crippen LogP) is 21.0. The molecule has 0 aliphatic heterocycles. The molecule has 0 spiro atoms. The number of rotatable bonds is 54. The van der Waals surface area contributed by atoms with Gasteiger partial charge in [0, 0.05) is 19.3 Å². The molecule has 0 saturated heterocycles. The van der Waals surface area contributed by atoms with Crippen molar-refractivity contribution in [2.45, 2.75) is 271 Å². The lowest BCUT2D eigenvalue weighted by molar-refractivity contribution is -0.166. The third-order valence-electron chi connectivity index (χ3n) is 12.7. The fourth-order valence-electron chi connectivity index (χ4n) is 8.14. The van der Waals surface area contributed by atoms with Crippen LogP contribution in [-0.4, -0.2) is 37.2 Å². The Labute approximate surface area is 462 Å². The van der Waals surface area contributed by atoms with E-state index in [1.807, 2.05) is 6.08 Å². The summed E-state index contributed by atoms with van der Waals surface area (Å²) in [7, 11) is 0. The molecule has 0 aromatic rings. The van der Waals surface area contributed by atoms with Gasteiger partial charge in [0.15, 0.2) is 6.10 Å². The Hall–Kier alpha value is -4.45. The van der Waals surface area contributed by atoms with E-state index in [4.69, 9.17) is 14.2 Å². The van der Waals surface area contributed by atoms with E-state index in [0.29, 0.717) is 19.3 Å². The number of allylic oxidation sites excluding steroid dienone is 22. The number of hydrogen-bond acceptors (Lipinski definition) is 6. The summed E-state index contributed by atoms with van der Waals surface area (Å²) in [5.41, 5.74) is 0. The first kappa shape index (κ1) is 70.5. The third kappa shape index (κ3) is 60.3. The molecule has 0 radical (unpaired) electrons. The van der Waals surface area contributed by atoms with Gasteiger partial charge in [0.25, 0.3) is 0 Å². The Balaban J connectivity index is 4.55. The molecule has 0 rings (SSSR count). The number of carbonyl (C=O) groups excluding carboxylic acids is 3. The van der Waals surface area contributed by atoms with Gasteiger partial charge in [-0.1, -0.05) is 276 Å². The maximum Gasteiger partial charge on any atom is 0.306 e. The van der Waals surface area contributed by atoms with Crippen molar-refractivity contribution in [3.05, 3.63) is 134 Å². The molecule has 0 fully saturated rings. The number of ether oxygens (including phenoxy) is 3. The summed E-state index contributed by atoms with van der Waals surface area (Å²) < 4.78 is 16.8. The van der Waals surface area contributed by atoms with E-state index in [0.717, 1.165) is 109 Å². The summed E-state index contributed by atoms with van der Waals surface area (Å²) in [6.45, 7) is 6.33. The first-order valence-corrected chi connectivity index (χ1v) is 30.7. The number of hydrogen-bond donors (Lipinski definition) is 0. The van der Waals surface area contributed by atoms with Crippen LogP contribution in [0.2, 0.25) is 0 Å². The lowest BCUT2D eigenvalue weighted by atomic mass is 10.0. The first-order valence-electron chi connectivity index (χ1n) is 30.7. The zero-order valence-corrected chi connectivity index (χ0v) is 48.5. The molecular formula is C69H112O6. The van der Waals surface area contributed by atoms with Crippen LogP contribution >= 0.6 is 0 Å². The second kappa shape index (κ2) is 62.1. The van der Waals surface area contributed by atoms with Crippen molar-refractivity contribution in [3.63, 3.8) is 0 Å². The molecule has 0 saturated carbocycles. The van der Waals surface area contributed by atoms with Crippen molar-refractivity contribution in [2.24, 2.45) is 0 Å². The Morgan fingerprint density at radius 1 is 0.280 bits per heavy atom. The molecule has 0 amide bonds. The Morgan fingerprint density at radius 2 is 0.547 bits per heavy atom. The molecule has 0 unspecified atom stereocenters. The van der Waals surface area contributed by atoms with E-state index in [-0.39, 0.29) is 44.0 Å². The van der Waals surface area contributed by atoms with E-state index >= 15 is 0 Å². The topological polar surface area (TPSA) is 78.9 Å². The van der Waals surface area contributed by atoms with Gasteiger partial charge in [-0.05, 0) is 103 Å². The molecule has 0 aliphatic carbocycles. The van der Waals surface area contributed by atoms with Crippen molar-refractivity contribution < 1.29 is 28.6 Å². The average molecular weight is 1040 g/mol. The second-order valence-corrected chi connectivity index (χ2v) is 19.9. The fourth-order valence-corrected chi connectivity index (χ4v) is 8.14. The van der Waals surface area contributed by atoms with Crippen molar-refractivity contribution in [2.75, 3.05) is 13.2 Å². The van der Waals surface area contributed by atoms with Crippen molar-refractivity contribution in [1.29, 1.82) is 0 Å². The van der Waals surface area contributed by atoms with E-state index in [2.05, 4.69) is 148 Å². The van der Waals surface area contributed by atoms with Gasteiger partial charge in [0.2, 0.25) is 0 Å². The van der Waals surface area contributed by atoms with Crippen LogP contribution in [0.25, 0.3) is 0 Å². The zero-order chi connectivity index (χ0) is 54.3. The molecule has 1 atom stereocenters. The Morgan fingerprint density at radius 3 is 0.893 bits per heavy atom. The minimum absolute atomic E-state index is 0.117. The standard InChI is InChI=1S/C69H112O6/c1-4-7-10-13-16-19-22-25-28-31-34-37-40-43-46-49-52-55-58-61-67(70)73-64-66(75-69(72)63-60-57-54-51-48-45-42-39-36-33-30-27-24-21-18-15-12-9-6-3)65-74-68(71)62-59-56-53-50-47-44-41-38-35-32-29-26-23-20-17-14-11-8-5-2/h7,9-10,12,16,18-19,21,25,27-28,30,34,36-37,39,43,45-46,48,52,55,66H,4-6,8,11,13-15,17,20,22-24,26,29,31-33,35,38,40-42,44,47,49-51,53-54,56-65H2,1-3H3/b10-7+,12-9+,19-16+,21-18+,28-25+,30-27+,37-34+,39-36+,46-43+,48-45+,55-52+/t66-/m0/s1. The number of unbranched alkanes of at least 4 members (excludes halogenated alkanes) is 21. The van der Waals surface area contributed by atoms with Gasteiger partial charge in [0.05, 0.1) is 0 Å². The van der Waals surface area contributed by atoms with Crippen LogP contribution in [0.3, 0.4) is 0 Å². The first-order chi connectivity index (χ1) is 37.0. The lowest BCUT2D eigenvalue weighted by Crippen LogP contribution is -2.30. The van der Waals surface area contributed by atoms with Gasteiger partial charge in [-0.2, -0.15) is 0 Å². The van der Waals surface area contributed by atoms with Crippen LogP contribution in [0.4, 0.5) is 0 Å². The van der Waals surface area contributed by atoms with Gasteiger partial charge in [-0.3, -0.25) is 14.4 Å². The number of carbonyl (C=O) groups is 3. The average Bonchev–Trinajstić information content (AvgIpc) is 3.41. The van der Waals surface area contributed by atoms with Gasteiger partial charge >= 0.3 is 17.9 Å². The normalized spacial score (nSPS) is 13.1. The SMILES string of the molecule is CC/C=C/C/C=C/C/C=C/C/C=C/C/C=C/C/C=C/CCC(=O)OC[C@@H](COC(=O)CCCCCCCCCCCCCCCCCCCCC)OC(=O)CCCCC/C=C/C/C=C/C/C=C/C/C=C/C/C=C/CC. The van der Waals surface area contributed by atoms with Crippen LogP contribution < -0.4 is 0 Å². The molecule has 0 heterocycles. The molecule has 0 aliphatic rings.